The van der Waals surface area contributed by atoms with Crippen molar-refractivity contribution in [3.63, 3.8) is 0 Å². The van der Waals surface area contributed by atoms with Crippen LogP contribution in [0.5, 0.6) is 0 Å². The smallest absolute Gasteiger partial charge is 0.227 e. The van der Waals surface area contributed by atoms with Crippen molar-refractivity contribution in [2.24, 2.45) is 0 Å². The molecular formula is C22H23FN6O. The summed E-state index contributed by atoms with van der Waals surface area (Å²) in [6, 6.07) is 13.9. The number of hydrogen-bond donors (Lipinski definition) is 1. The van der Waals surface area contributed by atoms with Gasteiger partial charge in [0.05, 0.1) is 6.42 Å². The molecule has 0 atom stereocenters. The Morgan fingerprint density at radius 3 is 2.53 bits per heavy atom. The van der Waals surface area contributed by atoms with Crippen LogP contribution < -0.4 is 10.2 Å². The van der Waals surface area contributed by atoms with Crippen LogP contribution in [0.3, 0.4) is 0 Å². The van der Waals surface area contributed by atoms with Gasteiger partial charge in [-0.1, -0.05) is 24.3 Å². The Kier molecular flexibility index (Phi) is 5.83. The van der Waals surface area contributed by atoms with E-state index in [0.29, 0.717) is 49.2 Å². The second-order valence-electron chi connectivity index (χ2n) is 7.13. The maximum absolute atomic E-state index is 13.8. The molecule has 4 rings (SSSR count). The van der Waals surface area contributed by atoms with Crippen molar-refractivity contribution in [2.45, 2.75) is 13.3 Å². The topological polar surface area (TPSA) is 74.2 Å². The second kappa shape index (κ2) is 8.86. The first kappa shape index (κ1) is 19.8. The lowest BCUT2D eigenvalue weighted by molar-refractivity contribution is -0.130. The summed E-state index contributed by atoms with van der Waals surface area (Å²) in [4.78, 5) is 29.7. The Balaban J connectivity index is 1.39. The van der Waals surface area contributed by atoms with Crippen molar-refractivity contribution < 1.29 is 9.18 Å². The average molecular weight is 406 g/mol. The lowest BCUT2D eigenvalue weighted by Crippen LogP contribution is -2.49. The first-order valence-electron chi connectivity index (χ1n) is 9.88. The zero-order chi connectivity index (χ0) is 20.9. The number of hydrogen-bond acceptors (Lipinski definition) is 6. The molecule has 8 heteroatoms. The van der Waals surface area contributed by atoms with E-state index in [4.69, 9.17) is 0 Å². The van der Waals surface area contributed by atoms with Gasteiger partial charge in [0.2, 0.25) is 5.91 Å². The lowest BCUT2D eigenvalue weighted by atomic mass is 10.1. The van der Waals surface area contributed by atoms with E-state index in [-0.39, 0.29) is 18.1 Å². The molecule has 3 heterocycles. The third-order valence-corrected chi connectivity index (χ3v) is 5.00. The summed E-state index contributed by atoms with van der Waals surface area (Å²) in [5.41, 5.74) is 0.432. The molecule has 1 N–H and O–H groups in total. The van der Waals surface area contributed by atoms with Gasteiger partial charge in [-0.3, -0.25) is 4.79 Å². The third-order valence-electron chi connectivity index (χ3n) is 5.00. The van der Waals surface area contributed by atoms with E-state index in [2.05, 4.69) is 25.2 Å². The normalized spacial score (nSPS) is 13.9. The maximum Gasteiger partial charge on any atom is 0.227 e. The monoisotopic (exact) mass is 406 g/mol. The quantitative estimate of drug-likeness (QED) is 0.702. The van der Waals surface area contributed by atoms with Crippen LogP contribution in [0.2, 0.25) is 0 Å². The fourth-order valence-corrected chi connectivity index (χ4v) is 3.45. The van der Waals surface area contributed by atoms with Crippen LogP contribution in [0.1, 0.15) is 11.4 Å². The van der Waals surface area contributed by atoms with Crippen LogP contribution in [0.15, 0.2) is 54.7 Å². The minimum Gasteiger partial charge on any atom is -0.353 e. The van der Waals surface area contributed by atoms with Gasteiger partial charge in [0.15, 0.2) is 0 Å². The van der Waals surface area contributed by atoms with Crippen LogP contribution in [-0.2, 0) is 11.2 Å². The summed E-state index contributed by atoms with van der Waals surface area (Å²) < 4.78 is 13.8. The standard InChI is InChI=1S/C22H23FN6O/c1-16-25-20(27-19-8-4-5-9-24-19)15-21(26-16)28-10-12-29(13-11-28)22(30)14-17-6-2-3-7-18(17)23/h2-9,15H,10-14H2,1H3,(H,24,25,26,27). The number of carbonyl (C=O) groups is 1. The molecule has 7 nitrogen and oxygen atoms in total. The molecule has 0 saturated carbocycles. The number of aromatic nitrogens is 3. The van der Waals surface area contributed by atoms with Crippen molar-refractivity contribution in [3.05, 3.63) is 71.9 Å². The summed E-state index contributed by atoms with van der Waals surface area (Å²) >= 11 is 0. The molecule has 0 spiro atoms. The fourth-order valence-electron chi connectivity index (χ4n) is 3.45. The predicted molar refractivity (Wildman–Crippen MR) is 113 cm³/mol. The fraction of sp³-hybridized carbons (Fsp3) is 0.273. The van der Waals surface area contributed by atoms with Gasteiger partial charge in [-0.2, -0.15) is 0 Å². The molecule has 1 aromatic carbocycles. The molecule has 154 valence electrons. The number of benzene rings is 1. The van der Waals surface area contributed by atoms with Crippen molar-refractivity contribution in [1.82, 2.24) is 19.9 Å². The van der Waals surface area contributed by atoms with Crippen LogP contribution in [-0.4, -0.2) is 51.9 Å². The van der Waals surface area contributed by atoms with Crippen molar-refractivity contribution in [1.29, 1.82) is 0 Å². The van der Waals surface area contributed by atoms with Gasteiger partial charge in [-0.25, -0.2) is 19.3 Å². The molecule has 1 aliphatic rings. The van der Waals surface area contributed by atoms with Crippen molar-refractivity contribution in [3.8, 4) is 0 Å². The van der Waals surface area contributed by atoms with E-state index in [9.17, 15) is 9.18 Å². The van der Waals surface area contributed by atoms with Crippen LogP contribution >= 0.6 is 0 Å². The van der Waals surface area contributed by atoms with E-state index < -0.39 is 0 Å². The van der Waals surface area contributed by atoms with Crippen molar-refractivity contribution >= 4 is 23.4 Å². The molecule has 0 bridgehead atoms. The largest absolute Gasteiger partial charge is 0.353 e. The Hall–Kier alpha value is -3.55. The van der Waals surface area contributed by atoms with E-state index in [1.54, 1.807) is 29.3 Å². The van der Waals surface area contributed by atoms with E-state index in [1.165, 1.54) is 6.07 Å². The zero-order valence-electron chi connectivity index (χ0n) is 16.8. The molecular weight excluding hydrogens is 383 g/mol. The number of aryl methyl sites for hydroxylation is 1. The molecule has 1 amide bonds. The van der Waals surface area contributed by atoms with Gasteiger partial charge in [0.1, 0.15) is 29.1 Å². The van der Waals surface area contributed by atoms with E-state index in [1.807, 2.05) is 31.2 Å². The highest BCUT2D eigenvalue weighted by atomic mass is 19.1. The minimum atomic E-state index is -0.339. The maximum atomic E-state index is 13.8. The third kappa shape index (κ3) is 4.71. The van der Waals surface area contributed by atoms with Gasteiger partial charge in [0.25, 0.3) is 0 Å². The molecule has 30 heavy (non-hydrogen) atoms. The highest BCUT2D eigenvalue weighted by Gasteiger charge is 2.23. The number of nitrogens with one attached hydrogen (secondary N) is 1. The summed E-state index contributed by atoms with van der Waals surface area (Å²) in [6.45, 7) is 4.30. The molecule has 1 fully saturated rings. The molecule has 0 radical (unpaired) electrons. The van der Waals surface area contributed by atoms with Crippen LogP contribution in [0.4, 0.5) is 21.8 Å². The number of carbonyl (C=O) groups excluding carboxylic acids is 1. The minimum absolute atomic E-state index is 0.0591. The average Bonchev–Trinajstić information content (AvgIpc) is 2.76. The van der Waals surface area contributed by atoms with Gasteiger partial charge in [-0.05, 0) is 30.7 Å². The number of nitrogens with zero attached hydrogens (tertiary/aromatic N) is 5. The Labute approximate surface area is 174 Å². The van der Waals surface area contributed by atoms with Crippen molar-refractivity contribution in [2.75, 3.05) is 36.4 Å². The van der Waals surface area contributed by atoms with Gasteiger partial charge < -0.3 is 15.1 Å². The number of amides is 1. The Morgan fingerprint density at radius 1 is 1.03 bits per heavy atom. The predicted octanol–water partition coefficient (Wildman–Crippen LogP) is 2.95. The molecule has 0 unspecified atom stereocenters. The lowest BCUT2D eigenvalue weighted by Gasteiger charge is -2.35. The van der Waals surface area contributed by atoms with Gasteiger partial charge in [-0.15, -0.1) is 0 Å². The van der Waals surface area contributed by atoms with Crippen LogP contribution in [0, 0.1) is 12.7 Å². The molecule has 3 aromatic rings. The Bertz CT molecular complexity index is 1020. The van der Waals surface area contributed by atoms with Crippen LogP contribution in [0.25, 0.3) is 0 Å². The highest BCUT2D eigenvalue weighted by molar-refractivity contribution is 5.79. The van der Waals surface area contributed by atoms with E-state index >= 15 is 0 Å². The number of halogens is 1. The number of rotatable bonds is 5. The molecule has 1 aliphatic heterocycles. The first-order valence-corrected chi connectivity index (χ1v) is 9.88. The van der Waals surface area contributed by atoms with E-state index in [0.717, 1.165) is 5.82 Å². The molecule has 2 aromatic heterocycles. The number of anilines is 3. The number of piperazine rings is 1. The second-order valence-corrected chi connectivity index (χ2v) is 7.13. The van der Waals surface area contributed by atoms with Gasteiger partial charge in [0, 0.05) is 38.4 Å². The summed E-state index contributed by atoms with van der Waals surface area (Å²) in [5, 5.41) is 3.19. The summed E-state index contributed by atoms with van der Waals surface area (Å²) in [6.07, 6.45) is 1.80. The summed E-state index contributed by atoms with van der Waals surface area (Å²) in [5.74, 6) is 2.45. The highest BCUT2D eigenvalue weighted by Crippen LogP contribution is 2.20. The first-order chi connectivity index (χ1) is 14.6. The molecule has 1 saturated heterocycles. The number of pyridine rings is 1. The SMILES string of the molecule is Cc1nc(Nc2ccccn2)cc(N2CCN(C(=O)Cc3ccccc3F)CC2)n1. The zero-order valence-corrected chi connectivity index (χ0v) is 16.8. The Morgan fingerprint density at radius 2 is 1.80 bits per heavy atom. The van der Waals surface area contributed by atoms with Gasteiger partial charge >= 0.3 is 0 Å². The summed E-state index contributed by atoms with van der Waals surface area (Å²) in [7, 11) is 0. The molecule has 0 aliphatic carbocycles.